The number of fused-ring (bicyclic) bond motifs is 1. The predicted octanol–water partition coefficient (Wildman–Crippen LogP) is 1.70. The second-order valence-electron chi connectivity index (χ2n) is 4.30. The summed E-state index contributed by atoms with van der Waals surface area (Å²) in [6, 6.07) is 7.74. The van der Waals surface area contributed by atoms with Crippen LogP contribution in [0.15, 0.2) is 46.2 Å². The number of aromatic amines is 2. The van der Waals surface area contributed by atoms with E-state index >= 15 is 0 Å². The molecule has 3 aromatic rings. The molecule has 19 heavy (non-hydrogen) atoms. The Kier molecular flexibility index (Phi) is 2.59. The molecule has 0 fully saturated rings. The number of benzene rings is 1. The SMILES string of the molecule is CCn1c(=O)[nH]cc(-c2c[nH]c3ccccc23)c1=O. The summed E-state index contributed by atoms with van der Waals surface area (Å²) < 4.78 is 1.19. The molecule has 2 heterocycles. The minimum absolute atomic E-state index is 0.268. The van der Waals surface area contributed by atoms with Crippen molar-refractivity contribution in [3.8, 4) is 11.1 Å². The number of nitrogens with zero attached hydrogens (tertiary/aromatic N) is 1. The highest BCUT2D eigenvalue weighted by Crippen LogP contribution is 2.25. The molecule has 0 bridgehead atoms. The number of aromatic nitrogens is 3. The molecule has 0 aliphatic rings. The van der Waals surface area contributed by atoms with E-state index in [0.717, 1.165) is 16.5 Å². The minimum Gasteiger partial charge on any atom is -0.361 e. The predicted molar refractivity (Wildman–Crippen MR) is 74.3 cm³/mol. The average Bonchev–Trinajstić information content (AvgIpc) is 2.83. The van der Waals surface area contributed by atoms with Crippen LogP contribution in [0.25, 0.3) is 22.0 Å². The zero-order valence-electron chi connectivity index (χ0n) is 10.4. The Labute approximate surface area is 108 Å². The second kappa shape index (κ2) is 4.28. The van der Waals surface area contributed by atoms with Crippen LogP contribution in [0.5, 0.6) is 0 Å². The van der Waals surface area contributed by atoms with Crippen molar-refractivity contribution in [2.45, 2.75) is 13.5 Å². The summed E-state index contributed by atoms with van der Waals surface area (Å²) in [5.41, 5.74) is 1.62. The van der Waals surface area contributed by atoms with Gasteiger partial charge in [-0.25, -0.2) is 4.79 Å². The Bertz CT molecular complexity index is 855. The van der Waals surface area contributed by atoms with Gasteiger partial charge in [0.25, 0.3) is 5.56 Å². The molecule has 2 aromatic heterocycles. The number of H-pyrrole nitrogens is 2. The molecule has 5 heteroatoms. The molecule has 0 aliphatic carbocycles. The highest BCUT2D eigenvalue weighted by Gasteiger charge is 2.12. The zero-order chi connectivity index (χ0) is 13.4. The first-order chi connectivity index (χ1) is 9.22. The zero-order valence-corrected chi connectivity index (χ0v) is 10.4. The third-order valence-corrected chi connectivity index (χ3v) is 3.26. The van der Waals surface area contributed by atoms with Gasteiger partial charge in [-0.3, -0.25) is 9.36 Å². The van der Waals surface area contributed by atoms with Crippen LogP contribution in [0.2, 0.25) is 0 Å². The Morgan fingerprint density at radius 1 is 1.05 bits per heavy atom. The summed E-state index contributed by atoms with van der Waals surface area (Å²) in [7, 11) is 0. The first-order valence-corrected chi connectivity index (χ1v) is 6.11. The largest absolute Gasteiger partial charge is 0.361 e. The van der Waals surface area contributed by atoms with Gasteiger partial charge in [-0.1, -0.05) is 18.2 Å². The van der Waals surface area contributed by atoms with E-state index in [9.17, 15) is 9.59 Å². The van der Waals surface area contributed by atoms with Gasteiger partial charge >= 0.3 is 5.69 Å². The normalized spacial score (nSPS) is 11.0. The van der Waals surface area contributed by atoms with Gasteiger partial charge in [0, 0.05) is 35.4 Å². The summed E-state index contributed by atoms with van der Waals surface area (Å²) in [4.78, 5) is 29.6. The molecule has 0 unspecified atom stereocenters. The summed E-state index contributed by atoms with van der Waals surface area (Å²) in [5.74, 6) is 0. The maximum Gasteiger partial charge on any atom is 0.328 e. The smallest absolute Gasteiger partial charge is 0.328 e. The van der Waals surface area contributed by atoms with E-state index in [1.165, 1.54) is 10.8 Å². The van der Waals surface area contributed by atoms with Crippen LogP contribution in [0.4, 0.5) is 0 Å². The summed E-state index contributed by atoms with van der Waals surface area (Å²) in [5, 5.41) is 0.967. The lowest BCUT2D eigenvalue weighted by atomic mass is 10.1. The number of para-hydroxylation sites is 1. The lowest BCUT2D eigenvalue weighted by molar-refractivity contribution is 0.675. The fourth-order valence-corrected chi connectivity index (χ4v) is 2.29. The molecule has 0 aliphatic heterocycles. The molecule has 0 spiro atoms. The van der Waals surface area contributed by atoms with Gasteiger partial charge in [0.15, 0.2) is 0 Å². The maximum atomic E-state index is 12.3. The van der Waals surface area contributed by atoms with Crippen molar-refractivity contribution >= 4 is 10.9 Å². The van der Waals surface area contributed by atoms with E-state index in [4.69, 9.17) is 0 Å². The van der Waals surface area contributed by atoms with Crippen molar-refractivity contribution in [2.24, 2.45) is 0 Å². The van der Waals surface area contributed by atoms with Gasteiger partial charge in [0.2, 0.25) is 0 Å². The van der Waals surface area contributed by atoms with Crippen molar-refractivity contribution in [1.82, 2.24) is 14.5 Å². The van der Waals surface area contributed by atoms with Crippen LogP contribution in [-0.2, 0) is 6.54 Å². The fourth-order valence-electron chi connectivity index (χ4n) is 2.29. The van der Waals surface area contributed by atoms with Gasteiger partial charge in [-0.2, -0.15) is 0 Å². The first kappa shape index (κ1) is 11.5. The Hall–Kier alpha value is -2.56. The lowest BCUT2D eigenvalue weighted by Gasteiger charge is -2.03. The molecule has 2 N–H and O–H groups in total. The molecule has 5 nitrogen and oxygen atoms in total. The van der Waals surface area contributed by atoms with Gasteiger partial charge in [-0.05, 0) is 13.0 Å². The molecular formula is C14H13N3O2. The summed E-state index contributed by atoms with van der Waals surface area (Å²) in [6.45, 7) is 2.13. The third kappa shape index (κ3) is 1.71. The molecule has 0 amide bonds. The summed E-state index contributed by atoms with van der Waals surface area (Å²) >= 11 is 0. The Morgan fingerprint density at radius 3 is 2.58 bits per heavy atom. The molecule has 0 atom stereocenters. The van der Waals surface area contributed by atoms with Crippen LogP contribution in [-0.4, -0.2) is 14.5 Å². The number of hydrogen-bond acceptors (Lipinski definition) is 2. The number of rotatable bonds is 2. The van der Waals surface area contributed by atoms with Gasteiger partial charge in [0.1, 0.15) is 0 Å². The first-order valence-electron chi connectivity index (χ1n) is 6.11. The van der Waals surface area contributed by atoms with Gasteiger partial charge in [0.05, 0.1) is 5.56 Å². The molecule has 0 saturated heterocycles. The quantitative estimate of drug-likeness (QED) is 0.731. The molecule has 0 radical (unpaired) electrons. The van der Waals surface area contributed by atoms with E-state index in [1.54, 1.807) is 13.1 Å². The highest BCUT2D eigenvalue weighted by molar-refractivity contribution is 5.95. The standard InChI is InChI=1S/C14H13N3O2/c1-2-17-13(18)11(8-16-14(17)19)10-7-15-12-6-4-3-5-9(10)12/h3-8,15H,2H2,1H3,(H,16,19). The van der Waals surface area contributed by atoms with E-state index in [-0.39, 0.29) is 11.2 Å². The van der Waals surface area contributed by atoms with Crippen LogP contribution in [0.1, 0.15) is 6.92 Å². The fraction of sp³-hybridized carbons (Fsp3) is 0.143. The topological polar surface area (TPSA) is 70.7 Å². The molecule has 0 saturated carbocycles. The second-order valence-corrected chi connectivity index (χ2v) is 4.30. The molecule has 1 aromatic carbocycles. The Balaban J connectivity index is 2.34. The minimum atomic E-state index is -0.379. The maximum absolute atomic E-state index is 12.3. The van der Waals surface area contributed by atoms with E-state index < -0.39 is 0 Å². The molecular weight excluding hydrogens is 242 g/mol. The van der Waals surface area contributed by atoms with E-state index in [2.05, 4.69) is 9.97 Å². The number of hydrogen-bond donors (Lipinski definition) is 2. The molecule has 3 rings (SSSR count). The highest BCUT2D eigenvalue weighted by atomic mass is 16.2. The summed E-state index contributed by atoms with van der Waals surface area (Å²) in [6.07, 6.45) is 3.27. The molecule has 96 valence electrons. The lowest BCUT2D eigenvalue weighted by Crippen LogP contribution is -2.34. The van der Waals surface area contributed by atoms with E-state index in [1.807, 2.05) is 24.3 Å². The van der Waals surface area contributed by atoms with Crippen LogP contribution in [0.3, 0.4) is 0 Å². The monoisotopic (exact) mass is 255 g/mol. The van der Waals surface area contributed by atoms with Crippen LogP contribution in [0, 0.1) is 0 Å². The van der Waals surface area contributed by atoms with Crippen LogP contribution >= 0.6 is 0 Å². The van der Waals surface area contributed by atoms with Crippen molar-refractivity contribution in [3.63, 3.8) is 0 Å². The third-order valence-electron chi connectivity index (χ3n) is 3.26. The van der Waals surface area contributed by atoms with Crippen molar-refractivity contribution in [1.29, 1.82) is 0 Å². The van der Waals surface area contributed by atoms with Gasteiger partial charge < -0.3 is 9.97 Å². The van der Waals surface area contributed by atoms with Crippen molar-refractivity contribution in [2.75, 3.05) is 0 Å². The Morgan fingerprint density at radius 2 is 1.79 bits per heavy atom. The van der Waals surface area contributed by atoms with Crippen molar-refractivity contribution in [3.05, 3.63) is 57.5 Å². The van der Waals surface area contributed by atoms with Crippen molar-refractivity contribution < 1.29 is 0 Å². The van der Waals surface area contributed by atoms with Gasteiger partial charge in [-0.15, -0.1) is 0 Å². The van der Waals surface area contributed by atoms with Crippen LogP contribution < -0.4 is 11.2 Å². The average molecular weight is 255 g/mol. The van der Waals surface area contributed by atoms with E-state index in [0.29, 0.717) is 12.1 Å². The number of nitrogens with one attached hydrogen (secondary N) is 2.